The van der Waals surface area contributed by atoms with Crippen LogP contribution in [0.5, 0.6) is 5.75 Å². The minimum absolute atomic E-state index is 0.234. The summed E-state index contributed by atoms with van der Waals surface area (Å²) in [5, 5.41) is 5.24. The first-order chi connectivity index (χ1) is 12.4. The molecule has 0 saturated heterocycles. The van der Waals surface area contributed by atoms with Crippen molar-refractivity contribution in [1.29, 1.82) is 0 Å². The molecule has 0 unspecified atom stereocenters. The van der Waals surface area contributed by atoms with E-state index in [-0.39, 0.29) is 11.5 Å². The molecule has 1 atom stereocenters. The quantitative estimate of drug-likeness (QED) is 0.776. The Kier molecular flexibility index (Phi) is 6.32. The van der Waals surface area contributed by atoms with Gasteiger partial charge in [-0.25, -0.2) is 4.79 Å². The van der Waals surface area contributed by atoms with E-state index in [1.165, 1.54) is 27.0 Å². The molecule has 0 saturated carbocycles. The number of esters is 1. The van der Waals surface area contributed by atoms with Crippen molar-refractivity contribution in [2.24, 2.45) is 0 Å². The Bertz CT molecular complexity index is 819. The number of carbonyl (C=O) groups excluding carboxylic acids is 3. The smallest absolute Gasteiger partial charge is 0.338 e. The number of ether oxygens (including phenoxy) is 2. The van der Waals surface area contributed by atoms with Gasteiger partial charge in [-0.15, -0.1) is 0 Å². The predicted octanol–water partition coefficient (Wildman–Crippen LogP) is 2.84. The van der Waals surface area contributed by atoms with Gasteiger partial charge in [-0.3, -0.25) is 9.59 Å². The highest BCUT2D eigenvalue weighted by Crippen LogP contribution is 2.17. The largest absolute Gasteiger partial charge is 0.497 e. The average Bonchev–Trinajstić information content (AvgIpc) is 2.61. The summed E-state index contributed by atoms with van der Waals surface area (Å²) in [6.45, 7) is 2.85. The van der Waals surface area contributed by atoms with Crippen molar-refractivity contribution in [3.8, 4) is 5.75 Å². The van der Waals surface area contributed by atoms with Gasteiger partial charge in [0.05, 0.1) is 12.7 Å². The lowest BCUT2D eigenvalue weighted by atomic mass is 10.2. The standard InChI is InChI=1S/C19H20N2O5/c1-12(18(23)21-16-8-5-9-17(11-16)25-3)26-19(24)14-6-4-7-15(10-14)20-13(2)22/h4-12H,1-3H3,(H,20,22)(H,21,23)/t12-/m1/s1. The van der Waals surface area contributed by atoms with Crippen molar-refractivity contribution in [2.75, 3.05) is 17.7 Å². The minimum atomic E-state index is -1.00. The maximum absolute atomic E-state index is 12.2. The molecule has 7 heteroatoms. The van der Waals surface area contributed by atoms with Gasteiger partial charge in [-0.2, -0.15) is 0 Å². The Morgan fingerprint density at radius 3 is 2.27 bits per heavy atom. The van der Waals surface area contributed by atoms with Gasteiger partial charge in [-0.05, 0) is 37.3 Å². The topological polar surface area (TPSA) is 93.7 Å². The number of hydrogen-bond acceptors (Lipinski definition) is 5. The van der Waals surface area contributed by atoms with E-state index in [4.69, 9.17) is 9.47 Å². The van der Waals surface area contributed by atoms with Crippen LogP contribution in [0.2, 0.25) is 0 Å². The van der Waals surface area contributed by atoms with Crippen molar-refractivity contribution in [3.05, 3.63) is 54.1 Å². The van der Waals surface area contributed by atoms with Gasteiger partial charge < -0.3 is 20.1 Å². The molecule has 0 aromatic heterocycles. The molecular weight excluding hydrogens is 336 g/mol. The van der Waals surface area contributed by atoms with E-state index in [9.17, 15) is 14.4 Å². The average molecular weight is 356 g/mol. The molecule has 0 aliphatic rings. The lowest BCUT2D eigenvalue weighted by molar-refractivity contribution is -0.123. The molecule has 2 rings (SSSR count). The molecule has 7 nitrogen and oxygen atoms in total. The second kappa shape index (κ2) is 8.66. The zero-order chi connectivity index (χ0) is 19.1. The van der Waals surface area contributed by atoms with Gasteiger partial charge in [-0.1, -0.05) is 12.1 Å². The normalized spacial score (nSPS) is 11.2. The molecule has 26 heavy (non-hydrogen) atoms. The number of carbonyl (C=O) groups is 3. The highest BCUT2D eigenvalue weighted by molar-refractivity contribution is 5.98. The first kappa shape index (κ1) is 19.0. The third kappa shape index (κ3) is 5.34. The molecule has 0 aliphatic carbocycles. The molecule has 0 spiro atoms. The van der Waals surface area contributed by atoms with Gasteiger partial charge >= 0.3 is 5.97 Å². The summed E-state index contributed by atoms with van der Waals surface area (Å²) in [6, 6.07) is 13.1. The van der Waals surface area contributed by atoms with Gasteiger partial charge in [0.15, 0.2) is 6.10 Å². The molecule has 2 aromatic rings. The SMILES string of the molecule is COc1cccc(NC(=O)[C@@H](C)OC(=O)c2cccc(NC(C)=O)c2)c1. The zero-order valence-electron chi connectivity index (χ0n) is 14.7. The van der Waals surface area contributed by atoms with Crippen LogP contribution in [-0.4, -0.2) is 31.0 Å². The van der Waals surface area contributed by atoms with Crippen LogP contribution in [0.3, 0.4) is 0 Å². The first-order valence-electron chi connectivity index (χ1n) is 7.92. The van der Waals surface area contributed by atoms with Gasteiger partial charge in [0.1, 0.15) is 5.75 Å². The lowest BCUT2D eigenvalue weighted by Gasteiger charge is -2.14. The molecule has 0 radical (unpaired) electrons. The van der Waals surface area contributed by atoms with E-state index >= 15 is 0 Å². The Labute approximate surface area is 151 Å². The maximum atomic E-state index is 12.2. The number of amides is 2. The summed E-state index contributed by atoms with van der Waals surface area (Å²) in [7, 11) is 1.53. The van der Waals surface area contributed by atoms with Crippen LogP contribution in [0.25, 0.3) is 0 Å². The maximum Gasteiger partial charge on any atom is 0.338 e. The molecule has 2 amide bonds. The predicted molar refractivity (Wildman–Crippen MR) is 97.2 cm³/mol. The highest BCUT2D eigenvalue weighted by atomic mass is 16.5. The van der Waals surface area contributed by atoms with Crippen molar-refractivity contribution in [1.82, 2.24) is 0 Å². The van der Waals surface area contributed by atoms with Gasteiger partial charge in [0.25, 0.3) is 5.91 Å². The fraction of sp³-hybridized carbons (Fsp3) is 0.211. The molecule has 0 aliphatic heterocycles. The molecule has 0 fully saturated rings. The summed E-state index contributed by atoms with van der Waals surface area (Å²) in [5.41, 5.74) is 1.24. The molecule has 0 heterocycles. The highest BCUT2D eigenvalue weighted by Gasteiger charge is 2.19. The number of anilines is 2. The number of hydrogen-bond donors (Lipinski definition) is 2. The summed E-state index contributed by atoms with van der Waals surface area (Å²) in [6.07, 6.45) is -1.00. The van der Waals surface area contributed by atoms with E-state index in [2.05, 4.69) is 10.6 Å². The van der Waals surface area contributed by atoms with Crippen LogP contribution >= 0.6 is 0 Å². The second-order valence-electron chi connectivity index (χ2n) is 5.53. The molecule has 0 bridgehead atoms. The van der Waals surface area contributed by atoms with Gasteiger partial charge in [0.2, 0.25) is 5.91 Å². The van der Waals surface area contributed by atoms with E-state index in [0.717, 1.165) is 0 Å². The van der Waals surface area contributed by atoms with Crippen molar-refractivity contribution >= 4 is 29.2 Å². The number of rotatable bonds is 6. The lowest BCUT2D eigenvalue weighted by Crippen LogP contribution is -2.30. The number of nitrogens with one attached hydrogen (secondary N) is 2. The Morgan fingerprint density at radius 1 is 0.962 bits per heavy atom. The summed E-state index contributed by atoms with van der Waals surface area (Å²) in [4.78, 5) is 35.5. The summed E-state index contributed by atoms with van der Waals surface area (Å²) >= 11 is 0. The van der Waals surface area contributed by atoms with Crippen LogP contribution < -0.4 is 15.4 Å². The second-order valence-corrected chi connectivity index (χ2v) is 5.53. The zero-order valence-corrected chi connectivity index (χ0v) is 14.7. The van der Waals surface area contributed by atoms with E-state index < -0.39 is 18.0 Å². The van der Waals surface area contributed by atoms with Crippen LogP contribution in [0.1, 0.15) is 24.2 Å². The summed E-state index contributed by atoms with van der Waals surface area (Å²) < 4.78 is 10.3. The fourth-order valence-corrected chi connectivity index (χ4v) is 2.15. The fourth-order valence-electron chi connectivity index (χ4n) is 2.15. The Hall–Kier alpha value is -3.35. The van der Waals surface area contributed by atoms with Crippen molar-refractivity contribution < 1.29 is 23.9 Å². The third-order valence-electron chi connectivity index (χ3n) is 3.41. The van der Waals surface area contributed by atoms with E-state index in [1.807, 2.05) is 0 Å². The molecular formula is C19H20N2O5. The Balaban J connectivity index is 1.99. The van der Waals surface area contributed by atoms with E-state index in [0.29, 0.717) is 17.1 Å². The Morgan fingerprint density at radius 2 is 1.62 bits per heavy atom. The first-order valence-corrected chi connectivity index (χ1v) is 7.92. The van der Waals surface area contributed by atoms with Crippen LogP contribution in [-0.2, 0) is 14.3 Å². The van der Waals surface area contributed by atoms with Crippen LogP contribution in [0.4, 0.5) is 11.4 Å². The van der Waals surface area contributed by atoms with Crippen molar-refractivity contribution in [2.45, 2.75) is 20.0 Å². The summed E-state index contributed by atoms with van der Waals surface area (Å²) in [5.74, 6) is -0.779. The van der Waals surface area contributed by atoms with Gasteiger partial charge in [0, 0.05) is 24.4 Å². The van der Waals surface area contributed by atoms with E-state index in [1.54, 1.807) is 42.5 Å². The van der Waals surface area contributed by atoms with Crippen LogP contribution in [0, 0.1) is 0 Å². The molecule has 2 N–H and O–H groups in total. The minimum Gasteiger partial charge on any atom is -0.497 e. The monoisotopic (exact) mass is 356 g/mol. The number of methoxy groups -OCH3 is 1. The molecule has 136 valence electrons. The third-order valence-corrected chi connectivity index (χ3v) is 3.41. The van der Waals surface area contributed by atoms with Crippen molar-refractivity contribution in [3.63, 3.8) is 0 Å². The molecule has 2 aromatic carbocycles. The van der Waals surface area contributed by atoms with Crippen LogP contribution in [0.15, 0.2) is 48.5 Å². The number of benzene rings is 2.